The Bertz CT molecular complexity index is 1420. The third kappa shape index (κ3) is 63.6. The van der Waals surface area contributed by atoms with Gasteiger partial charge in [-0.1, -0.05) is 306 Å². The van der Waals surface area contributed by atoms with Crippen LogP contribution < -0.4 is 0 Å². The second kappa shape index (κ2) is 65.4. The summed E-state index contributed by atoms with van der Waals surface area (Å²) in [5.74, 6) is -0.864. The summed E-state index contributed by atoms with van der Waals surface area (Å²) in [5, 5.41) is 0. The van der Waals surface area contributed by atoms with E-state index in [0.29, 0.717) is 19.3 Å². The van der Waals surface area contributed by atoms with Crippen LogP contribution in [0, 0.1) is 0 Å². The summed E-state index contributed by atoms with van der Waals surface area (Å²) in [4.78, 5) is 38.2. The number of rotatable bonds is 61. The molecule has 6 nitrogen and oxygen atoms in total. The Kier molecular flexibility index (Phi) is 62.7. The molecule has 0 amide bonds. The first kappa shape index (κ1) is 73.8. The lowest BCUT2D eigenvalue weighted by molar-refractivity contribution is -0.167. The molecule has 0 radical (unpaired) electrons. The van der Waals surface area contributed by atoms with Crippen molar-refractivity contribution in [3.8, 4) is 0 Å². The summed E-state index contributed by atoms with van der Waals surface area (Å²) in [5.41, 5.74) is 0. The maximum Gasteiger partial charge on any atom is 0.306 e. The number of carbonyl (C=O) groups excluding carboxylic acids is 3. The molecule has 0 aliphatic rings. The van der Waals surface area contributed by atoms with Crippen LogP contribution in [0.15, 0.2) is 72.9 Å². The zero-order valence-electron chi connectivity index (χ0n) is 51.2. The molecule has 0 heterocycles. The Hall–Kier alpha value is -3.15. The molecule has 77 heavy (non-hydrogen) atoms. The summed E-state index contributed by atoms with van der Waals surface area (Å²) in [6.45, 7) is 6.54. The van der Waals surface area contributed by atoms with E-state index in [4.69, 9.17) is 14.2 Å². The molecule has 0 spiro atoms. The van der Waals surface area contributed by atoms with Crippen LogP contribution in [0.3, 0.4) is 0 Å². The van der Waals surface area contributed by atoms with E-state index in [1.54, 1.807) is 0 Å². The Morgan fingerprint density at radius 2 is 0.506 bits per heavy atom. The predicted molar refractivity (Wildman–Crippen MR) is 335 cm³/mol. The molecule has 0 saturated heterocycles. The minimum atomic E-state index is -0.776. The highest BCUT2D eigenvalue weighted by Gasteiger charge is 2.19. The van der Waals surface area contributed by atoms with Gasteiger partial charge in [-0.2, -0.15) is 0 Å². The summed E-state index contributed by atoms with van der Waals surface area (Å²) in [6, 6.07) is 0. The molecule has 0 fully saturated rings. The van der Waals surface area contributed by atoms with Crippen LogP contribution in [0.4, 0.5) is 0 Å². The van der Waals surface area contributed by atoms with Crippen LogP contribution in [-0.4, -0.2) is 37.2 Å². The molecule has 0 aromatic carbocycles. The quantitative estimate of drug-likeness (QED) is 0.0261. The molecule has 0 rings (SSSR count). The third-order valence-electron chi connectivity index (χ3n) is 14.7. The lowest BCUT2D eigenvalue weighted by atomic mass is 10.0. The van der Waals surface area contributed by atoms with E-state index in [9.17, 15) is 14.4 Å². The Labute approximate surface area is 478 Å². The number of unbranched alkanes of at least 4 members (excludes halogenated alkanes) is 38. The van der Waals surface area contributed by atoms with Gasteiger partial charge in [0.1, 0.15) is 13.2 Å². The first-order valence-electron chi connectivity index (χ1n) is 33.4. The molecule has 0 bridgehead atoms. The average Bonchev–Trinajstić information content (AvgIpc) is 3.43. The van der Waals surface area contributed by atoms with Crippen LogP contribution in [0.2, 0.25) is 0 Å². The van der Waals surface area contributed by atoms with Crippen LogP contribution in [0.1, 0.15) is 342 Å². The van der Waals surface area contributed by atoms with E-state index in [0.717, 1.165) is 89.9 Å². The zero-order valence-corrected chi connectivity index (χ0v) is 51.2. The number of carbonyl (C=O) groups is 3. The Balaban J connectivity index is 4.16. The number of hydrogen-bond donors (Lipinski definition) is 0. The topological polar surface area (TPSA) is 78.9 Å². The van der Waals surface area contributed by atoms with E-state index < -0.39 is 6.10 Å². The monoisotopic (exact) mass is 1070 g/mol. The van der Waals surface area contributed by atoms with Crippen molar-refractivity contribution in [1.29, 1.82) is 0 Å². The van der Waals surface area contributed by atoms with Crippen LogP contribution in [0.5, 0.6) is 0 Å². The van der Waals surface area contributed by atoms with Crippen molar-refractivity contribution in [2.24, 2.45) is 0 Å². The second-order valence-electron chi connectivity index (χ2n) is 22.4. The number of esters is 3. The van der Waals surface area contributed by atoms with Gasteiger partial charge < -0.3 is 14.2 Å². The predicted octanol–water partition coefficient (Wildman–Crippen LogP) is 22.9. The normalized spacial score (nSPS) is 12.5. The fourth-order valence-corrected chi connectivity index (χ4v) is 9.70. The number of allylic oxidation sites excluding steroid dienone is 12. The van der Waals surface area contributed by atoms with E-state index in [-0.39, 0.29) is 31.1 Å². The van der Waals surface area contributed by atoms with Gasteiger partial charge in [0.05, 0.1) is 0 Å². The number of ether oxygens (including phenoxy) is 3. The highest BCUT2D eigenvalue weighted by molar-refractivity contribution is 5.71. The third-order valence-corrected chi connectivity index (χ3v) is 14.7. The van der Waals surface area contributed by atoms with Crippen molar-refractivity contribution in [2.75, 3.05) is 13.2 Å². The maximum atomic E-state index is 12.9. The summed E-state index contributed by atoms with van der Waals surface area (Å²) >= 11 is 0. The fourth-order valence-electron chi connectivity index (χ4n) is 9.70. The smallest absolute Gasteiger partial charge is 0.306 e. The van der Waals surface area contributed by atoms with Crippen molar-refractivity contribution >= 4 is 17.9 Å². The maximum absolute atomic E-state index is 12.9. The van der Waals surface area contributed by atoms with Crippen LogP contribution >= 0.6 is 0 Å². The summed E-state index contributed by atoms with van der Waals surface area (Å²) in [6.07, 6.45) is 85.0. The molecular weight excluding hydrogens is 949 g/mol. The van der Waals surface area contributed by atoms with Gasteiger partial charge in [-0.15, -0.1) is 0 Å². The van der Waals surface area contributed by atoms with Crippen molar-refractivity contribution < 1.29 is 28.6 Å². The molecule has 0 N–H and O–H groups in total. The Morgan fingerprint density at radius 1 is 0.273 bits per heavy atom. The van der Waals surface area contributed by atoms with Crippen LogP contribution in [-0.2, 0) is 28.6 Å². The lowest BCUT2D eigenvalue weighted by Gasteiger charge is -2.18. The molecule has 6 heteroatoms. The van der Waals surface area contributed by atoms with Gasteiger partial charge in [0.2, 0.25) is 0 Å². The molecule has 1 atom stereocenters. The van der Waals surface area contributed by atoms with Gasteiger partial charge >= 0.3 is 17.9 Å². The fraction of sp³-hybridized carbons (Fsp3) is 0.789. The summed E-state index contributed by atoms with van der Waals surface area (Å²) in [7, 11) is 0. The highest BCUT2D eigenvalue weighted by Crippen LogP contribution is 2.17. The first-order chi connectivity index (χ1) is 38.0. The molecular formula is C71H126O6. The largest absolute Gasteiger partial charge is 0.462 e. The van der Waals surface area contributed by atoms with Crippen LogP contribution in [0.25, 0.3) is 0 Å². The SMILES string of the molecule is CC/C=C\C/C=C\C/C=C\C/C=C\CCCCCCCCCCCCC(=O)OC(COC(=O)CCCCCCCCCCC)COC(=O)CCCCCCCCCCCCCCCCC/C=C\C/C=C\CCCCCCC. The van der Waals surface area contributed by atoms with Gasteiger partial charge in [-0.3, -0.25) is 14.4 Å². The minimum Gasteiger partial charge on any atom is -0.462 e. The van der Waals surface area contributed by atoms with Crippen molar-refractivity contribution in [2.45, 2.75) is 348 Å². The van der Waals surface area contributed by atoms with E-state index >= 15 is 0 Å². The lowest BCUT2D eigenvalue weighted by Crippen LogP contribution is -2.30. The zero-order chi connectivity index (χ0) is 55.7. The molecule has 0 saturated carbocycles. The van der Waals surface area contributed by atoms with Gasteiger partial charge in [0.15, 0.2) is 6.10 Å². The van der Waals surface area contributed by atoms with Gasteiger partial charge in [0.25, 0.3) is 0 Å². The first-order valence-corrected chi connectivity index (χ1v) is 33.4. The highest BCUT2D eigenvalue weighted by atomic mass is 16.6. The van der Waals surface area contributed by atoms with E-state index in [2.05, 4.69) is 93.7 Å². The van der Waals surface area contributed by atoms with Crippen molar-refractivity contribution in [3.63, 3.8) is 0 Å². The second-order valence-corrected chi connectivity index (χ2v) is 22.4. The molecule has 0 aliphatic heterocycles. The molecule has 1 unspecified atom stereocenters. The van der Waals surface area contributed by atoms with E-state index in [1.807, 2.05) is 0 Å². The van der Waals surface area contributed by atoms with Gasteiger partial charge in [-0.25, -0.2) is 0 Å². The standard InChI is InChI=1S/C71H126O6/c1-4-7-10-13-16-19-21-23-25-27-29-31-33-34-35-36-38-39-41-43-45-47-49-52-55-58-61-64-70(73)76-67-68(66-75-69(72)63-60-57-54-51-18-15-12-9-6-3)77-71(74)65-62-59-56-53-50-48-46-44-42-40-37-32-30-28-26-24-22-20-17-14-11-8-5-2/h8,11,17,20-21,23-24,26-27,29-30,32,68H,4-7,9-10,12-16,18-19,22,25,28,31,33-67H2,1-3H3/b11-8-,20-17-,23-21-,26-24-,29-27-,32-30-. The van der Waals surface area contributed by atoms with Crippen molar-refractivity contribution in [3.05, 3.63) is 72.9 Å². The molecule has 0 aliphatic carbocycles. The van der Waals surface area contributed by atoms with E-state index in [1.165, 1.54) is 212 Å². The minimum absolute atomic E-state index is 0.0734. The Morgan fingerprint density at radius 3 is 0.792 bits per heavy atom. The molecule has 0 aromatic heterocycles. The molecule has 0 aromatic rings. The van der Waals surface area contributed by atoms with Crippen molar-refractivity contribution in [1.82, 2.24) is 0 Å². The summed E-state index contributed by atoms with van der Waals surface area (Å²) < 4.78 is 16.9. The molecule has 446 valence electrons. The van der Waals surface area contributed by atoms with Gasteiger partial charge in [-0.05, 0) is 89.9 Å². The number of hydrogen-bond acceptors (Lipinski definition) is 6. The van der Waals surface area contributed by atoms with Gasteiger partial charge in [0, 0.05) is 19.3 Å². The average molecular weight is 1080 g/mol.